The van der Waals surface area contributed by atoms with Crippen LogP contribution in [-0.4, -0.2) is 25.7 Å². The lowest BCUT2D eigenvalue weighted by Crippen LogP contribution is -2.12. The summed E-state index contributed by atoms with van der Waals surface area (Å²) in [5.74, 6) is 1.66. The van der Waals surface area contributed by atoms with Gasteiger partial charge in [0, 0.05) is 36.0 Å². The van der Waals surface area contributed by atoms with Gasteiger partial charge in [-0.1, -0.05) is 30.2 Å². The fourth-order valence-corrected chi connectivity index (χ4v) is 3.36. The number of pyridine rings is 1. The number of rotatable bonds is 3. The molecular formula is C19H18ClN5O. The Morgan fingerprint density at radius 3 is 2.92 bits per heavy atom. The molecule has 4 rings (SSSR count). The van der Waals surface area contributed by atoms with Crippen molar-refractivity contribution in [3.63, 3.8) is 0 Å². The number of nitrogens with one attached hydrogen (secondary N) is 1. The Bertz CT molecular complexity index is 953. The summed E-state index contributed by atoms with van der Waals surface area (Å²) in [6.07, 6.45) is 5.98. The van der Waals surface area contributed by atoms with E-state index >= 15 is 0 Å². The smallest absolute Gasteiger partial charge is 0.255 e. The van der Waals surface area contributed by atoms with Crippen molar-refractivity contribution in [2.75, 3.05) is 5.32 Å². The molecule has 1 aromatic carbocycles. The van der Waals surface area contributed by atoms with Gasteiger partial charge in [-0.3, -0.25) is 4.79 Å². The van der Waals surface area contributed by atoms with Crippen molar-refractivity contribution < 1.29 is 4.79 Å². The zero-order valence-corrected chi connectivity index (χ0v) is 14.9. The molecule has 6 nitrogen and oxygen atoms in total. The third-order valence-electron chi connectivity index (χ3n) is 4.48. The topological polar surface area (TPSA) is 72.7 Å². The maximum absolute atomic E-state index is 12.4. The second-order valence-electron chi connectivity index (χ2n) is 6.30. The fraction of sp³-hybridized carbons (Fsp3) is 0.263. The number of aromatic nitrogens is 4. The molecule has 0 atom stereocenters. The molecule has 0 radical (unpaired) electrons. The van der Waals surface area contributed by atoms with E-state index < -0.39 is 0 Å². The molecule has 0 saturated carbocycles. The summed E-state index contributed by atoms with van der Waals surface area (Å²) in [7, 11) is 0. The van der Waals surface area contributed by atoms with Crippen molar-refractivity contribution in [2.24, 2.45) is 0 Å². The van der Waals surface area contributed by atoms with Crippen molar-refractivity contribution >= 4 is 23.2 Å². The van der Waals surface area contributed by atoms with Gasteiger partial charge in [-0.05, 0) is 37.1 Å². The second-order valence-corrected chi connectivity index (χ2v) is 6.69. The Labute approximate surface area is 156 Å². The molecule has 0 unspecified atom stereocenters. The zero-order valence-electron chi connectivity index (χ0n) is 14.2. The second kappa shape index (κ2) is 7.25. The van der Waals surface area contributed by atoms with Crippen LogP contribution in [0.3, 0.4) is 0 Å². The van der Waals surface area contributed by atoms with Crippen LogP contribution in [-0.2, 0) is 13.0 Å². The number of halogens is 1. The largest absolute Gasteiger partial charge is 0.322 e. The number of amides is 1. The normalized spacial score (nSPS) is 13.7. The van der Waals surface area contributed by atoms with E-state index in [2.05, 4.69) is 25.1 Å². The molecule has 7 heteroatoms. The summed E-state index contributed by atoms with van der Waals surface area (Å²) < 4.78 is 2.19. The molecule has 0 aliphatic carbocycles. The molecule has 0 fully saturated rings. The lowest BCUT2D eigenvalue weighted by atomic mass is 10.1. The van der Waals surface area contributed by atoms with Crippen LogP contribution in [0.2, 0.25) is 5.15 Å². The van der Waals surface area contributed by atoms with Gasteiger partial charge in [-0.2, -0.15) is 0 Å². The SMILES string of the molecule is O=C(Nc1cccc(-c2nnc3n2CCCCC3)c1)c1ccnc(Cl)c1. The highest BCUT2D eigenvalue weighted by Gasteiger charge is 2.16. The van der Waals surface area contributed by atoms with Crippen molar-refractivity contribution in [3.05, 3.63) is 59.1 Å². The van der Waals surface area contributed by atoms with Crippen molar-refractivity contribution in [3.8, 4) is 11.4 Å². The highest BCUT2D eigenvalue weighted by Crippen LogP contribution is 2.25. The maximum atomic E-state index is 12.4. The van der Waals surface area contributed by atoms with E-state index in [0.717, 1.165) is 43.0 Å². The van der Waals surface area contributed by atoms with Crippen LogP contribution in [0, 0.1) is 0 Å². The summed E-state index contributed by atoms with van der Waals surface area (Å²) >= 11 is 5.86. The number of hydrogen-bond donors (Lipinski definition) is 1. The van der Waals surface area contributed by atoms with Crippen LogP contribution in [0.1, 0.15) is 35.4 Å². The Kier molecular flexibility index (Phi) is 4.67. The number of fused-ring (bicyclic) bond motifs is 1. The Balaban J connectivity index is 1.59. The third-order valence-corrected chi connectivity index (χ3v) is 4.68. The van der Waals surface area contributed by atoms with E-state index in [4.69, 9.17) is 11.6 Å². The molecule has 1 aliphatic rings. The lowest BCUT2D eigenvalue weighted by Gasteiger charge is -2.09. The van der Waals surface area contributed by atoms with Crippen molar-refractivity contribution in [2.45, 2.75) is 32.2 Å². The molecule has 1 aliphatic heterocycles. The highest BCUT2D eigenvalue weighted by molar-refractivity contribution is 6.29. The Morgan fingerprint density at radius 2 is 2.04 bits per heavy atom. The zero-order chi connectivity index (χ0) is 17.9. The van der Waals surface area contributed by atoms with Crippen molar-refractivity contribution in [1.82, 2.24) is 19.7 Å². The number of nitrogens with zero attached hydrogens (tertiary/aromatic N) is 4. The number of benzene rings is 1. The number of carbonyl (C=O) groups excluding carboxylic acids is 1. The van der Waals surface area contributed by atoms with Gasteiger partial charge in [-0.25, -0.2) is 4.98 Å². The van der Waals surface area contributed by atoms with Gasteiger partial charge in [-0.15, -0.1) is 10.2 Å². The van der Waals surface area contributed by atoms with Crippen LogP contribution in [0.25, 0.3) is 11.4 Å². The first-order valence-corrected chi connectivity index (χ1v) is 9.04. The standard InChI is InChI=1S/C19H18ClN5O/c20-16-12-14(8-9-21-16)19(26)22-15-6-4-5-13(11-15)18-24-23-17-7-2-1-3-10-25(17)18/h4-6,8-9,11-12H,1-3,7,10H2,(H,22,26). The quantitative estimate of drug-likeness (QED) is 0.711. The summed E-state index contributed by atoms with van der Waals surface area (Å²) in [5.41, 5.74) is 2.11. The fourth-order valence-electron chi connectivity index (χ4n) is 3.18. The molecule has 1 amide bonds. The van der Waals surface area contributed by atoms with Crippen LogP contribution < -0.4 is 5.32 Å². The molecule has 2 aromatic heterocycles. The molecular weight excluding hydrogens is 350 g/mol. The van der Waals surface area contributed by atoms with Crippen LogP contribution in [0.4, 0.5) is 5.69 Å². The van der Waals surface area contributed by atoms with E-state index in [1.54, 1.807) is 12.1 Å². The van der Waals surface area contributed by atoms with Gasteiger partial charge >= 0.3 is 0 Å². The summed E-state index contributed by atoms with van der Waals surface area (Å²) in [4.78, 5) is 16.3. The van der Waals surface area contributed by atoms with E-state index in [1.807, 2.05) is 24.3 Å². The van der Waals surface area contributed by atoms with Crippen LogP contribution in [0.15, 0.2) is 42.6 Å². The maximum Gasteiger partial charge on any atom is 0.255 e. The minimum absolute atomic E-state index is 0.230. The van der Waals surface area contributed by atoms with E-state index in [1.165, 1.54) is 12.6 Å². The number of aryl methyl sites for hydroxylation is 1. The number of anilines is 1. The van der Waals surface area contributed by atoms with Gasteiger partial charge in [0.05, 0.1) is 0 Å². The van der Waals surface area contributed by atoms with Crippen molar-refractivity contribution in [1.29, 1.82) is 0 Å². The lowest BCUT2D eigenvalue weighted by molar-refractivity contribution is 0.102. The van der Waals surface area contributed by atoms with Gasteiger partial charge in [0.2, 0.25) is 0 Å². The van der Waals surface area contributed by atoms with E-state index in [-0.39, 0.29) is 11.1 Å². The number of carbonyl (C=O) groups is 1. The first kappa shape index (κ1) is 16.7. The van der Waals surface area contributed by atoms with Crippen LogP contribution >= 0.6 is 11.6 Å². The molecule has 3 heterocycles. The van der Waals surface area contributed by atoms with Gasteiger partial charge in [0.15, 0.2) is 5.82 Å². The molecule has 26 heavy (non-hydrogen) atoms. The van der Waals surface area contributed by atoms with Gasteiger partial charge in [0.1, 0.15) is 11.0 Å². The minimum Gasteiger partial charge on any atom is -0.322 e. The summed E-state index contributed by atoms with van der Waals surface area (Å²) in [6, 6.07) is 10.8. The van der Waals surface area contributed by atoms with E-state index in [0.29, 0.717) is 11.3 Å². The highest BCUT2D eigenvalue weighted by atomic mass is 35.5. The first-order chi connectivity index (χ1) is 12.7. The molecule has 1 N–H and O–H groups in total. The molecule has 0 spiro atoms. The number of hydrogen-bond acceptors (Lipinski definition) is 4. The third kappa shape index (κ3) is 3.46. The van der Waals surface area contributed by atoms with Gasteiger partial charge < -0.3 is 9.88 Å². The van der Waals surface area contributed by atoms with Gasteiger partial charge in [0.25, 0.3) is 5.91 Å². The Morgan fingerprint density at radius 1 is 1.12 bits per heavy atom. The average Bonchev–Trinajstić information content (AvgIpc) is 2.90. The predicted octanol–water partition coefficient (Wildman–Crippen LogP) is 3.97. The summed E-state index contributed by atoms with van der Waals surface area (Å²) in [5, 5.41) is 11.9. The molecule has 0 bridgehead atoms. The first-order valence-electron chi connectivity index (χ1n) is 8.66. The molecule has 3 aromatic rings. The average molecular weight is 368 g/mol. The molecule has 0 saturated heterocycles. The summed E-state index contributed by atoms with van der Waals surface area (Å²) in [6.45, 7) is 0.934. The monoisotopic (exact) mass is 367 g/mol. The minimum atomic E-state index is -0.230. The molecule has 132 valence electrons. The van der Waals surface area contributed by atoms with Crippen LogP contribution in [0.5, 0.6) is 0 Å². The van der Waals surface area contributed by atoms with E-state index in [9.17, 15) is 4.79 Å². The Hall–Kier alpha value is -2.73. The predicted molar refractivity (Wildman–Crippen MR) is 100 cm³/mol.